The number of allylic oxidation sites excluding steroid dienone is 1. The van der Waals surface area contributed by atoms with Crippen LogP contribution < -0.4 is 14.8 Å². The molecular weight excluding hydrogens is 302 g/mol. The number of aryl methyl sites for hydroxylation is 1. The molecule has 1 heterocycles. The molecule has 0 fully saturated rings. The number of carbonyl (C=O) groups excluding carboxylic acids is 1. The largest absolute Gasteiger partial charge is 0.454 e. The summed E-state index contributed by atoms with van der Waals surface area (Å²) >= 11 is 5.97. The fraction of sp³-hybridized carbons (Fsp3) is 0.118. The van der Waals surface area contributed by atoms with Crippen LogP contribution in [-0.2, 0) is 0 Å². The van der Waals surface area contributed by atoms with Gasteiger partial charge in [-0.25, -0.2) is 0 Å². The van der Waals surface area contributed by atoms with Crippen molar-refractivity contribution >= 4 is 23.1 Å². The highest BCUT2D eigenvalue weighted by Gasteiger charge is 2.14. The number of fused-ring (bicyclic) bond motifs is 1. The lowest BCUT2D eigenvalue weighted by Crippen LogP contribution is -1.96. The van der Waals surface area contributed by atoms with Gasteiger partial charge in [0.15, 0.2) is 17.3 Å². The Morgan fingerprint density at radius 3 is 2.82 bits per heavy atom. The maximum Gasteiger partial charge on any atom is 0.231 e. The molecule has 112 valence electrons. The molecular formula is C17H14ClNO3. The average Bonchev–Trinajstić information content (AvgIpc) is 2.98. The first-order valence-electron chi connectivity index (χ1n) is 6.77. The van der Waals surface area contributed by atoms with E-state index in [-0.39, 0.29) is 12.6 Å². The Hall–Kier alpha value is -2.46. The maximum absolute atomic E-state index is 12.1. The second-order valence-corrected chi connectivity index (χ2v) is 5.28. The fourth-order valence-corrected chi connectivity index (χ4v) is 2.21. The quantitative estimate of drug-likeness (QED) is 0.679. The van der Waals surface area contributed by atoms with E-state index in [0.29, 0.717) is 22.1 Å². The standard InChI is InChI=1S/C17H14ClNO3/c1-11-8-13(3-4-14(11)18)19-7-6-15(20)12-2-5-16-17(9-12)22-10-21-16/h2-9,19H,10H2,1H3. The second-order valence-electron chi connectivity index (χ2n) is 4.87. The third kappa shape index (κ3) is 3.07. The molecule has 1 aliphatic rings. The molecule has 4 nitrogen and oxygen atoms in total. The lowest BCUT2D eigenvalue weighted by molar-refractivity contribution is 0.104. The van der Waals surface area contributed by atoms with Gasteiger partial charge >= 0.3 is 0 Å². The van der Waals surface area contributed by atoms with Gasteiger partial charge in [-0.2, -0.15) is 0 Å². The summed E-state index contributed by atoms with van der Waals surface area (Å²) in [5.41, 5.74) is 2.40. The smallest absolute Gasteiger partial charge is 0.231 e. The number of hydrogen-bond donors (Lipinski definition) is 1. The molecule has 5 heteroatoms. The van der Waals surface area contributed by atoms with Crippen molar-refractivity contribution < 1.29 is 14.3 Å². The third-order valence-corrected chi connectivity index (χ3v) is 3.72. The summed E-state index contributed by atoms with van der Waals surface area (Å²) in [6, 6.07) is 10.7. The summed E-state index contributed by atoms with van der Waals surface area (Å²) in [6.07, 6.45) is 3.08. The molecule has 0 saturated heterocycles. The van der Waals surface area contributed by atoms with Crippen LogP contribution >= 0.6 is 11.6 Å². The van der Waals surface area contributed by atoms with Crippen LogP contribution in [0.2, 0.25) is 5.02 Å². The Balaban J connectivity index is 1.67. The molecule has 3 rings (SSSR count). The fourth-order valence-electron chi connectivity index (χ4n) is 2.09. The highest BCUT2D eigenvalue weighted by molar-refractivity contribution is 6.31. The normalized spacial score (nSPS) is 12.6. The molecule has 0 saturated carbocycles. The minimum Gasteiger partial charge on any atom is -0.454 e. The monoisotopic (exact) mass is 315 g/mol. The summed E-state index contributed by atoms with van der Waals surface area (Å²) in [6.45, 7) is 2.12. The number of hydrogen-bond acceptors (Lipinski definition) is 4. The zero-order valence-corrected chi connectivity index (χ0v) is 12.7. The first-order valence-corrected chi connectivity index (χ1v) is 7.14. The van der Waals surface area contributed by atoms with Crippen LogP contribution in [0.4, 0.5) is 5.69 Å². The van der Waals surface area contributed by atoms with Gasteiger partial charge < -0.3 is 14.8 Å². The van der Waals surface area contributed by atoms with Crippen LogP contribution in [-0.4, -0.2) is 12.6 Å². The number of ether oxygens (including phenoxy) is 2. The Kier molecular flexibility index (Phi) is 4.02. The summed E-state index contributed by atoms with van der Waals surface area (Å²) in [5.74, 6) is 1.15. The zero-order chi connectivity index (χ0) is 15.5. The first kappa shape index (κ1) is 14.5. The highest BCUT2D eigenvalue weighted by Crippen LogP contribution is 2.32. The Morgan fingerprint density at radius 1 is 1.18 bits per heavy atom. The maximum atomic E-state index is 12.1. The van der Waals surface area contributed by atoms with Crippen LogP contribution in [0.1, 0.15) is 15.9 Å². The van der Waals surface area contributed by atoms with Crippen molar-refractivity contribution in [1.82, 2.24) is 0 Å². The Bertz CT molecular complexity index is 756. The number of anilines is 1. The molecule has 0 atom stereocenters. The molecule has 0 amide bonds. The number of carbonyl (C=O) groups is 1. The molecule has 2 aromatic carbocycles. The second kappa shape index (κ2) is 6.12. The van der Waals surface area contributed by atoms with E-state index in [1.807, 2.05) is 25.1 Å². The van der Waals surface area contributed by atoms with E-state index in [0.717, 1.165) is 11.3 Å². The number of nitrogens with one attached hydrogen (secondary N) is 1. The molecule has 22 heavy (non-hydrogen) atoms. The number of benzene rings is 2. The summed E-state index contributed by atoms with van der Waals surface area (Å²) in [7, 11) is 0. The lowest BCUT2D eigenvalue weighted by atomic mass is 10.1. The molecule has 0 unspecified atom stereocenters. The van der Waals surface area contributed by atoms with Gasteiger partial charge in [0, 0.05) is 28.5 Å². The Labute approximate surface area is 133 Å². The molecule has 0 spiro atoms. The van der Waals surface area contributed by atoms with E-state index in [1.54, 1.807) is 24.4 Å². The van der Waals surface area contributed by atoms with Gasteiger partial charge in [-0.1, -0.05) is 11.6 Å². The highest BCUT2D eigenvalue weighted by atomic mass is 35.5. The van der Waals surface area contributed by atoms with Crippen LogP contribution in [0.5, 0.6) is 11.5 Å². The molecule has 0 aliphatic carbocycles. The van der Waals surface area contributed by atoms with Gasteiger partial charge in [-0.3, -0.25) is 4.79 Å². The number of halogens is 1. The summed E-state index contributed by atoms with van der Waals surface area (Å²) < 4.78 is 10.5. The van der Waals surface area contributed by atoms with Crippen molar-refractivity contribution in [2.75, 3.05) is 12.1 Å². The zero-order valence-electron chi connectivity index (χ0n) is 11.9. The SMILES string of the molecule is Cc1cc(NC=CC(=O)c2ccc3c(c2)OCO3)ccc1Cl. The van der Waals surface area contributed by atoms with E-state index in [4.69, 9.17) is 21.1 Å². The van der Waals surface area contributed by atoms with Gasteiger partial charge in [-0.15, -0.1) is 0 Å². The van der Waals surface area contributed by atoms with E-state index in [2.05, 4.69) is 5.32 Å². The van der Waals surface area contributed by atoms with Crippen LogP contribution in [0.15, 0.2) is 48.7 Å². The average molecular weight is 316 g/mol. The third-order valence-electron chi connectivity index (χ3n) is 3.30. The van der Waals surface area contributed by atoms with Crippen molar-refractivity contribution in [3.63, 3.8) is 0 Å². The van der Waals surface area contributed by atoms with Crippen LogP contribution in [0.25, 0.3) is 0 Å². The van der Waals surface area contributed by atoms with E-state index < -0.39 is 0 Å². The van der Waals surface area contributed by atoms with Crippen molar-refractivity contribution in [1.29, 1.82) is 0 Å². The minimum absolute atomic E-state index is 0.114. The van der Waals surface area contributed by atoms with E-state index in [9.17, 15) is 4.79 Å². The topological polar surface area (TPSA) is 47.6 Å². The van der Waals surface area contributed by atoms with Crippen molar-refractivity contribution in [3.8, 4) is 11.5 Å². The summed E-state index contributed by atoms with van der Waals surface area (Å²) in [4.78, 5) is 12.1. The molecule has 0 radical (unpaired) electrons. The number of ketones is 1. The molecule has 2 aromatic rings. The van der Waals surface area contributed by atoms with Gasteiger partial charge in [0.25, 0.3) is 0 Å². The van der Waals surface area contributed by atoms with E-state index >= 15 is 0 Å². The number of rotatable bonds is 4. The molecule has 1 aliphatic heterocycles. The van der Waals surface area contributed by atoms with Crippen molar-refractivity contribution in [2.45, 2.75) is 6.92 Å². The van der Waals surface area contributed by atoms with Crippen LogP contribution in [0.3, 0.4) is 0 Å². The first-order chi connectivity index (χ1) is 10.6. The predicted octanol–water partition coefficient (Wildman–Crippen LogP) is 4.19. The van der Waals surface area contributed by atoms with Gasteiger partial charge in [-0.05, 0) is 48.9 Å². The van der Waals surface area contributed by atoms with Crippen LogP contribution in [0, 0.1) is 6.92 Å². The van der Waals surface area contributed by atoms with E-state index in [1.165, 1.54) is 6.08 Å². The van der Waals surface area contributed by atoms with Crippen molar-refractivity contribution in [2.24, 2.45) is 0 Å². The van der Waals surface area contributed by atoms with Gasteiger partial charge in [0.2, 0.25) is 6.79 Å². The molecule has 0 bridgehead atoms. The summed E-state index contributed by atoms with van der Waals surface area (Å²) in [5, 5.41) is 3.76. The van der Waals surface area contributed by atoms with Gasteiger partial charge in [0.1, 0.15) is 0 Å². The van der Waals surface area contributed by atoms with Gasteiger partial charge in [0.05, 0.1) is 0 Å². The molecule has 0 aromatic heterocycles. The minimum atomic E-state index is -0.114. The Morgan fingerprint density at radius 2 is 2.00 bits per heavy atom. The molecule has 1 N–H and O–H groups in total. The lowest BCUT2D eigenvalue weighted by Gasteiger charge is -2.03. The predicted molar refractivity (Wildman–Crippen MR) is 85.8 cm³/mol. The van der Waals surface area contributed by atoms with Crippen molar-refractivity contribution in [3.05, 3.63) is 64.8 Å².